The molecule has 0 saturated heterocycles. The SMILES string of the molecule is O=C(CCn1cnc2sc3c(c2c1=O)CCCC3)Nc1cccc([N+](=O)[O-])c1. The first-order valence-corrected chi connectivity index (χ1v) is 9.88. The van der Waals surface area contributed by atoms with Gasteiger partial charge in [-0.05, 0) is 37.3 Å². The highest BCUT2D eigenvalue weighted by molar-refractivity contribution is 7.18. The van der Waals surface area contributed by atoms with E-state index >= 15 is 0 Å². The lowest BCUT2D eigenvalue weighted by molar-refractivity contribution is -0.384. The fourth-order valence-electron chi connectivity index (χ4n) is 3.48. The molecule has 0 aliphatic heterocycles. The summed E-state index contributed by atoms with van der Waals surface area (Å²) in [5, 5.41) is 14.2. The second kappa shape index (κ2) is 7.51. The Morgan fingerprint density at radius 2 is 2.14 bits per heavy atom. The molecule has 0 saturated carbocycles. The number of nitrogens with one attached hydrogen (secondary N) is 1. The first kappa shape index (κ1) is 18.3. The van der Waals surface area contributed by atoms with Crippen molar-refractivity contribution < 1.29 is 9.72 Å². The summed E-state index contributed by atoms with van der Waals surface area (Å²) in [6.07, 6.45) is 5.70. The second-order valence-corrected chi connectivity index (χ2v) is 7.82. The first-order valence-electron chi connectivity index (χ1n) is 9.07. The molecule has 1 aromatic carbocycles. The molecule has 4 rings (SSSR count). The van der Waals surface area contributed by atoms with Gasteiger partial charge in [0.05, 0.1) is 16.6 Å². The molecular formula is C19H18N4O4S. The normalized spacial score (nSPS) is 13.3. The van der Waals surface area contributed by atoms with Crippen LogP contribution in [0.3, 0.4) is 0 Å². The highest BCUT2D eigenvalue weighted by Gasteiger charge is 2.20. The Balaban J connectivity index is 1.49. The molecule has 3 aromatic rings. The van der Waals surface area contributed by atoms with Gasteiger partial charge in [0.25, 0.3) is 11.2 Å². The number of carbonyl (C=O) groups is 1. The molecule has 1 aliphatic rings. The number of aromatic nitrogens is 2. The maximum Gasteiger partial charge on any atom is 0.271 e. The van der Waals surface area contributed by atoms with Crippen LogP contribution in [0.2, 0.25) is 0 Å². The monoisotopic (exact) mass is 398 g/mol. The molecule has 9 heteroatoms. The molecular weight excluding hydrogens is 380 g/mol. The van der Waals surface area contributed by atoms with Gasteiger partial charge in [0, 0.05) is 35.7 Å². The quantitative estimate of drug-likeness (QED) is 0.524. The maximum absolute atomic E-state index is 12.9. The summed E-state index contributed by atoms with van der Waals surface area (Å²) in [7, 11) is 0. The Hall–Kier alpha value is -3.07. The summed E-state index contributed by atoms with van der Waals surface area (Å²) < 4.78 is 1.47. The number of amides is 1. The summed E-state index contributed by atoms with van der Waals surface area (Å²) in [5.41, 5.74) is 1.28. The molecule has 0 spiro atoms. The summed E-state index contributed by atoms with van der Waals surface area (Å²) in [4.78, 5) is 41.8. The minimum absolute atomic E-state index is 0.0715. The summed E-state index contributed by atoms with van der Waals surface area (Å²) >= 11 is 1.59. The largest absolute Gasteiger partial charge is 0.326 e. The third-order valence-electron chi connectivity index (χ3n) is 4.86. The standard InChI is InChI=1S/C19H18N4O4S/c24-16(21-12-4-3-5-13(10-12)23(26)27)8-9-22-11-20-18-17(19(22)25)14-6-1-2-7-15(14)28-18/h3-5,10-11H,1-2,6-9H2,(H,21,24). The van der Waals surface area contributed by atoms with Crippen LogP contribution in [-0.4, -0.2) is 20.4 Å². The Morgan fingerprint density at radius 3 is 2.96 bits per heavy atom. The van der Waals surface area contributed by atoms with E-state index in [1.54, 1.807) is 17.4 Å². The van der Waals surface area contributed by atoms with Crippen molar-refractivity contribution in [3.05, 3.63) is 61.5 Å². The van der Waals surface area contributed by atoms with Crippen LogP contribution >= 0.6 is 11.3 Å². The minimum atomic E-state index is -0.516. The lowest BCUT2D eigenvalue weighted by Crippen LogP contribution is -2.24. The number of non-ortho nitro benzene ring substituents is 1. The predicted molar refractivity (Wildman–Crippen MR) is 107 cm³/mol. The van der Waals surface area contributed by atoms with Crippen LogP contribution in [0, 0.1) is 10.1 Å². The van der Waals surface area contributed by atoms with Gasteiger partial charge in [0.15, 0.2) is 0 Å². The number of nitrogens with zero attached hydrogens (tertiary/aromatic N) is 3. The maximum atomic E-state index is 12.9. The van der Waals surface area contributed by atoms with Crippen LogP contribution in [0.15, 0.2) is 35.4 Å². The van der Waals surface area contributed by atoms with Gasteiger partial charge in [-0.1, -0.05) is 6.07 Å². The van der Waals surface area contributed by atoms with Crippen LogP contribution in [0.4, 0.5) is 11.4 Å². The molecule has 1 amide bonds. The Bertz CT molecular complexity index is 1130. The number of hydrogen-bond donors (Lipinski definition) is 1. The lowest BCUT2D eigenvalue weighted by Gasteiger charge is -2.10. The number of nitro benzene ring substituents is 1. The van der Waals surface area contributed by atoms with E-state index in [0.29, 0.717) is 11.1 Å². The topological polar surface area (TPSA) is 107 Å². The van der Waals surface area contributed by atoms with Gasteiger partial charge in [0.1, 0.15) is 4.83 Å². The van der Waals surface area contributed by atoms with Crippen molar-refractivity contribution in [3.63, 3.8) is 0 Å². The Kier molecular flexibility index (Phi) is 4.91. The van der Waals surface area contributed by atoms with Gasteiger partial charge in [-0.2, -0.15) is 0 Å². The Labute approximate surface area is 164 Å². The number of benzene rings is 1. The molecule has 2 aromatic heterocycles. The number of hydrogen-bond acceptors (Lipinski definition) is 6. The van der Waals surface area contributed by atoms with Gasteiger partial charge in [-0.15, -0.1) is 11.3 Å². The number of thiophene rings is 1. The van der Waals surface area contributed by atoms with Gasteiger partial charge in [-0.25, -0.2) is 4.98 Å². The average molecular weight is 398 g/mol. The fourth-order valence-corrected chi connectivity index (χ4v) is 4.70. The van der Waals surface area contributed by atoms with Gasteiger partial charge < -0.3 is 5.32 Å². The van der Waals surface area contributed by atoms with E-state index < -0.39 is 4.92 Å². The van der Waals surface area contributed by atoms with E-state index in [2.05, 4.69) is 10.3 Å². The van der Waals surface area contributed by atoms with Gasteiger partial charge >= 0.3 is 0 Å². The smallest absolute Gasteiger partial charge is 0.271 e. The zero-order valence-electron chi connectivity index (χ0n) is 15.0. The van der Waals surface area contributed by atoms with Crippen molar-refractivity contribution in [2.75, 3.05) is 5.32 Å². The molecule has 2 heterocycles. The lowest BCUT2D eigenvalue weighted by atomic mass is 9.97. The predicted octanol–water partition coefficient (Wildman–Crippen LogP) is 3.27. The van der Waals surface area contributed by atoms with Crippen LogP contribution < -0.4 is 10.9 Å². The molecule has 144 valence electrons. The molecule has 0 bridgehead atoms. The van der Waals surface area contributed by atoms with Crippen LogP contribution in [0.25, 0.3) is 10.2 Å². The molecule has 1 aliphatic carbocycles. The number of rotatable bonds is 5. The number of aryl methyl sites for hydroxylation is 3. The summed E-state index contributed by atoms with van der Waals surface area (Å²) in [5.74, 6) is -0.320. The zero-order chi connectivity index (χ0) is 19.7. The van der Waals surface area contributed by atoms with Crippen molar-refractivity contribution in [1.82, 2.24) is 9.55 Å². The number of carbonyl (C=O) groups excluding carboxylic acids is 1. The summed E-state index contributed by atoms with van der Waals surface area (Å²) in [6, 6.07) is 5.76. The molecule has 0 radical (unpaired) electrons. The molecule has 0 fully saturated rings. The van der Waals surface area contributed by atoms with Crippen LogP contribution in [0.1, 0.15) is 29.7 Å². The third-order valence-corrected chi connectivity index (χ3v) is 6.06. The van der Waals surface area contributed by atoms with E-state index in [9.17, 15) is 19.7 Å². The van der Waals surface area contributed by atoms with Gasteiger partial charge in [-0.3, -0.25) is 24.3 Å². The molecule has 28 heavy (non-hydrogen) atoms. The highest BCUT2D eigenvalue weighted by Crippen LogP contribution is 2.33. The molecule has 0 unspecified atom stereocenters. The summed E-state index contributed by atoms with van der Waals surface area (Å²) in [6.45, 7) is 0.202. The second-order valence-electron chi connectivity index (χ2n) is 6.74. The first-order chi connectivity index (χ1) is 13.5. The number of fused-ring (bicyclic) bond motifs is 3. The molecule has 0 atom stereocenters. The Morgan fingerprint density at radius 1 is 1.32 bits per heavy atom. The fraction of sp³-hybridized carbons (Fsp3) is 0.316. The van der Waals surface area contributed by atoms with E-state index in [0.717, 1.165) is 36.1 Å². The van der Waals surface area contributed by atoms with Crippen LogP contribution in [-0.2, 0) is 24.2 Å². The highest BCUT2D eigenvalue weighted by atomic mass is 32.1. The van der Waals surface area contributed by atoms with Gasteiger partial charge in [0.2, 0.25) is 5.91 Å². The third kappa shape index (κ3) is 3.53. The van der Waals surface area contributed by atoms with Crippen molar-refractivity contribution in [2.24, 2.45) is 0 Å². The van der Waals surface area contributed by atoms with E-state index in [1.165, 1.54) is 34.0 Å². The van der Waals surface area contributed by atoms with Crippen molar-refractivity contribution in [1.29, 1.82) is 0 Å². The number of nitro groups is 1. The van der Waals surface area contributed by atoms with Crippen molar-refractivity contribution >= 4 is 38.8 Å². The van der Waals surface area contributed by atoms with E-state index in [-0.39, 0.29) is 30.1 Å². The average Bonchev–Trinajstić information content (AvgIpc) is 3.07. The number of anilines is 1. The van der Waals surface area contributed by atoms with E-state index in [1.807, 2.05) is 0 Å². The zero-order valence-corrected chi connectivity index (χ0v) is 15.8. The minimum Gasteiger partial charge on any atom is -0.326 e. The van der Waals surface area contributed by atoms with Crippen molar-refractivity contribution in [2.45, 2.75) is 38.6 Å². The van der Waals surface area contributed by atoms with E-state index in [4.69, 9.17) is 0 Å². The molecule has 1 N–H and O–H groups in total. The van der Waals surface area contributed by atoms with Crippen LogP contribution in [0.5, 0.6) is 0 Å². The van der Waals surface area contributed by atoms with Crippen molar-refractivity contribution in [3.8, 4) is 0 Å². The molecule has 8 nitrogen and oxygen atoms in total.